The molecule has 0 bridgehead atoms. The second kappa shape index (κ2) is 10.2. The van der Waals surface area contributed by atoms with Gasteiger partial charge in [0.15, 0.2) is 0 Å². The van der Waals surface area contributed by atoms with Gasteiger partial charge in [-0.25, -0.2) is 4.68 Å². The first kappa shape index (κ1) is 20.4. The van der Waals surface area contributed by atoms with Gasteiger partial charge in [0.1, 0.15) is 0 Å². The van der Waals surface area contributed by atoms with Crippen LogP contribution in [0.25, 0.3) is 5.69 Å². The van der Waals surface area contributed by atoms with Gasteiger partial charge in [0, 0.05) is 19.3 Å². The molecule has 1 aliphatic heterocycles. The van der Waals surface area contributed by atoms with E-state index in [-0.39, 0.29) is 5.91 Å². The third-order valence-electron chi connectivity index (χ3n) is 5.64. The molecule has 3 aromatic rings. The first-order valence-corrected chi connectivity index (χ1v) is 10.9. The molecule has 1 amide bonds. The summed E-state index contributed by atoms with van der Waals surface area (Å²) in [7, 11) is 0. The molecule has 1 N–H and O–H groups in total. The Balaban J connectivity index is 1.24. The largest absolute Gasteiger partial charge is 0.352 e. The molecule has 0 aliphatic carbocycles. The van der Waals surface area contributed by atoms with E-state index in [0.717, 1.165) is 23.4 Å². The topological polar surface area (TPSA) is 50.2 Å². The Morgan fingerprint density at radius 2 is 1.57 bits per heavy atom. The summed E-state index contributed by atoms with van der Waals surface area (Å²) in [5, 5.41) is 7.37. The molecule has 0 saturated carbocycles. The van der Waals surface area contributed by atoms with Crippen molar-refractivity contribution in [3.63, 3.8) is 0 Å². The lowest BCUT2D eigenvalue weighted by Crippen LogP contribution is -2.25. The third kappa shape index (κ3) is 5.80. The van der Waals surface area contributed by atoms with Gasteiger partial charge in [-0.1, -0.05) is 55.3 Å². The molecule has 1 saturated heterocycles. The zero-order valence-electron chi connectivity index (χ0n) is 17.5. The highest BCUT2D eigenvalue weighted by atomic mass is 16.1. The molecule has 0 unspecified atom stereocenters. The number of benzene rings is 2. The van der Waals surface area contributed by atoms with Crippen LogP contribution in [0.3, 0.4) is 0 Å². The van der Waals surface area contributed by atoms with Gasteiger partial charge in [-0.05, 0) is 54.8 Å². The van der Waals surface area contributed by atoms with Crippen molar-refractivity contribution < 1.29 is 4.79 Å². The number of rotatable bonds is 7. The van der Waals surface area contributed by atoms with Crippen LogP contribution in [-0.2, 0) is 24.3 Å². The SMILES string of the molecule is O=C(Cc1cnn(-c2ccccc2)c1)NCc1ccc(CN2CCCCCC2)cc1. The van der Waals surface area contributed by atoms with Crippen LogP contribution in [-0.4, -0.2) is 33.7 Å². The summed E-state index contributed by atoms with van der Waals surface area (Å²) in [5.41, 5.74) is 4.37. The Bertz CT molecular complexity index is 925. The normalized spacial score (nSPS) is 14.9. The molecule has 2 aromatic carbocycles. The fraction of sp³-hybridized carbons (Fsp3) is 0.360. The molecule has 4 rings (SSSR count). The molecule has 2 heterocycles. The minimum absolute atomic E-state index is 0.0104. The van der Waals surface area contributed by atoms with Crippen molar-refractivity contribution in [3.8, 4) is 5.69 Å². The maximum absolute atomic E-state index is 12.3. The van der Waals surface area contributed by atoms with Crippen LogP contribution < -0.4 is 5.32 Å². The van der Waals surface area contributed by atoms with Gasteiger partial charge >= 0.3 is 0 Å². The number of carbonyl (C=O) groups is 1. The number of nitrogens with one attached hydrogen (secondary N) is 1. The summed E-state index contributed by atoms with van der Waals surface area (Å²) < 4.78 is 1.80. The molecular formula is C25H30N4O. The van der Waals surface area contributed by atoms with Crippen molar-refractivity contribution in [3.05, 3.63) is 83.7 Å². The maximum Gasteiger partial charge on any atom is 0.224 e. The smallest absolute Gasteiger partial charge is 0.224 e. The Hall–Kier alpha value is -2.92. The standard InChI is InChI=1S/C25H30N4O/c30-25(16-23-18-27-29(20-23)24-8-4-3-5-9-24)26-17-21-10-12-22(13-11-21)19-28-14-6-1-2-7-15-28/h3-5,8-13,18,20H,1-2,6-7,14-17,19H2,(H,26,30). The second-order valence-electron chi connectivity index (χ2n) is 8.09. The fourth-order valence-corrected chi connectivity index (χ4v) is 3.94. The summed E-state index contributed by atoms with van der Waals surface area (Å²) in [6.45, 7) is 3.99. The summed E-state index contributed by atoms with van der Waals surface area (Å²) >= 11 is 0. The second-order valence-corrected chi connectivity index (χ2v) is 8.09. The summed E-state index contributed by atoms with van der Waals surface area (Å²) in [6.07, 6.45) is 9.35. The van der Waals surface area contributed by atoms with E-state index in [2.05, 4.69) is 39.6 Å². The number of hydrogen-bond donors (Lipinski definition) is 1. The van der Waals surface area contributed by atoms with Crippen LogP contribution in [0.1, 0.15) is 42.4 Å². The van der Waals surface area contributed by atoms with E-state index < -0.39 is 0 Å². The Labute approximate surface area is 178 Å². The highest BCUT2D eigenvalue weighted by Crippen LogP contribution is 2.14. The van der Waals surface area contributed by atoms with Gasteiger partial charge in [-0.2, -0.15) is 5.10 Å². The quantitative estimate of drug-likeness (QED) is 0.647. The van der Waals surface area contributed by atoms with Gasteiger partial charge in [0.25, 0.3) is 0 Å². The van der Waals surface area contributed by atoms with E-state index in [1.807, 2.05) is 36.5 Å². The number of amides is 1. The molecule has 156 valence electrons. The van der Waals surface area contributed by atoms with Crippen LogP contribution in [0.5, 0.6) is 0 Å². The van der Waals surface area contributed by atoms with Gasteiger partial charge in [0.05, 0.1) is 18.3 Å². The van der Waals surface area contributed by atoms with E-state index in [0.29, 0.717) is 13.0 Å². The lowest BCUT2D eigenvalue weighted by atomic mass is 10.1. The molecule has 1 aliphatic rings. The van der Waals surface area contributed by atoms with E-state index >= 15 is 0 Å². The molecule has 0 atom stereocenters. The van der Waals surface area contributed by atoms with E-state index in [1.54, 1.807) is 10.9 Å². The number of hydrogen-bond acceptors (Lipinski definition) is 3. The molecule has 0 radical (unpaired) electrons. The predicted octanol–water partition coefficient (Wildman–Crippen LogP) is 4.11. The van der Waals surface area contributed by atoms with E-state index in [9.17, 15) is 4.79 Å². The molecule has 0 spiro atoms. The Morgan fingerprint density at radius 1 is 0.867 bits per heavy atom. The van der Waals surface area contributed by atoms with Crippen molar-refractivity contribution >= 4 is 5.91 Å². The highest BCUT2D eigenvalue weighted by Gasteiger charge is 2.10. The zero-order chi connectivity index (χ0) is 20.6. The molecular weight excluding hydrogens is 372 g/mol. The summed E-state index contributed by atoms with van der Waals surface area (Å²) in [6, 6.07) is 18.5. The van der Waals surface area contributed by atoms with Gasteiger partial charge in [-0.15, -0.1) is 0 Å². The molecule has 30 heavy (non-hydrogen) atoms. The minimum atomic E-state index is 0.0104. The first-order valence-electron chi connectivity index (χ1n) is 10.9. The van der Waals surface area contributed by atoms with Crippen LogP contribution >= 0.6 is 0 Å². The first-order chi connectivity index (χ1) is 14.8. The van der Waals surface area contributed by atoms with Crippen molar-refractivity contribution in [1.29, 1.82) is 0 Å². The van der Waals surface area contributed by atoms with Crippen LogP contribution in [0, 0.1) is 0 Å². The van der Waals surface area contributed by atoms with Crippen molar-refractivity contribution in [2.45, 2.75) is 45.2 Å². The lowest BCUT2D eigenvalue weighted by Gasteiger charge is -2.19. The number of likely N-dealkylation sites (tertiary alicyclic amines) is 1. The third-order valence-corrected chi connectivity index (χ3v) is 5.64. The van der Waals surface area contributed by atoms with Crippen molar-refractivity contribution in [2.24, 2.45) is 0 Å². The lowest BCUT2D eigenvalue weighted by molar-refractivity contribution is -0.120. The van der Waals surface area contributed by atoms with Crippen LogP contribution in [0.2, 0.25) is 0 Å². The highest BCUT2D eigenvalue weighted by molar-refractivity contribution is 5.78. The fourth-order valence-electron chi connectivity index (χ4n) is 3.94. The number of carbonyl (C=O) groups excluding carboxylic acids is 1. The average molecular weight is 403 g/mol. The average Bonchev–Trinajstić information content (AvgIpc) is 3.09. The summed E-state index contributed by atoms with van der Waals surface area (Å²) in [4.78, 5) is 14.9. The van der Waals surface area contributed by atoms with Gasteiger partial charge in [0.2, 0.25) is 5.91 Å². The Morgan fingerprint density at radius 3 is 2.30 bits per heavy atom. The summed E-state index contributed by atoms with van der Waals surface area (Å²) in [5.74, 6) is 0.0104. The van der Waals surface area contributed by atoms with E-state index in [1.165, 1.54) is 44.3 Å². The Kier molecular flexibility index (Phi) is 6.93. The predicted molar refractivity (Wildman–Crippen MR) is 119 cm³/mol. The van der Waals surface area contributed by atoms with Gasteiger partial charge in [-0.3, -0.25) is 9.69 Å². The number of aromatic nitrogens is 2. The number of para-hydroxylation sites is 1. The maximum atomic E-state index is 12.3. The zero-order valence-corrected chi connectivity index (χ0v) is 17.5. The molecule has 1 aromatic heterocycles. The monoisotopic (exact) mass is 402 g/mol. The van der Waals surface area contributed by atoms with Gasteiger partial charge < -0.3 is 5.32 Å². The number of nitrogens with zero attached hydrogens (tertiary/aromatic N) is 3. The van der Waals surface area contributed by atoms with Crippen LogP contribution in [0.15, 0.2) is 67.0 Å². The van der Waals surface area contributed by atoms with Crippen LogP contribution in [0.4, 0.5) is 0 Å². The van der Waals surface area contributed by atoms with Crippen molar-refractivity contribution in [1.82, 2.24) is 20.0 Å². The molecule has 1 fully saturated rings. The minimum Gasteiger partial charge on any atom is -0.352 e. The van der Waals surface area contributed by atoms with E-state index in [4.69, 9.17) is 0 Å². The van der Waals surface area contributed by atoms with Crippen molar-refractivity contribution in [2.75, 3.05) is 13.1 Å². The molecule has 5 nitrogen and oxygen atoms in total. The molecule has 5 heteroatoms.